The van der Waals surface area contributed by atoms with Crippen LogP contribution >= 0.6 is 0 Å². The zero-order valence-electron chi connectivity index (χ0n) is 14.0. The highest BCUT2D eigenvalue weighted by molar-refractivity contribution is 5.89. The molecule has 1 aliphatic rings. The van der Waals surface area contributed by atoms with E-state index in [-0.39, 0.29) is 0 Å². The van der Waals surface area contributed by atoms with Crippen molar-refractivity contribution in [2.75, 3.05) is 13.2 Å². The minimum Gasteiger partial charge on any atom is -0.462 e. The van der Waals surface area contributed by atoms with Crippen molar-refractivity contribution < 1.29 is 19.1 Å². The van der Waals surface area contributed by atoms with Crippen LogP contribution in [-0.4, -0.2) is 30.2 Å². The smallest absolute Gasteiger partial charge is 0.427 e. The van der Waals surface area contributed by atoms with Gasteiger partial charge in [0.05, 0.1) is 12.2 Å². The summed E-state index contributed by atoms with van der Waals surface area (Å²) >= 11 is 0. The van der Waals surface area contributed by atoms with Crippen molar-refractivity contribution >= 4 is 12.1 Å². The number of rotatable bonds is 4. The van der Waals surface area contributed by atoms with Gasteiger partial charge >= 0.3 is 12.1 Å². The molecule has 3 rings (SSSR count). The molecule has 25 heavy (non-hydrogen) atoms. The summed E-state index contributed by atoms with van der Waals surface area (Å²) < 4.78 is 10.2. The maximum Gasteiger partial charge on any atom is 0.427 e. The lowest BCUT2D eigenvalue weighted by Gasteiger charge is -2.28. The summed E-state index contributed by atoms with van der Waals surface area (Å²) in [4.78, 5) is 23.6. The van der Waals surface area contributed by atoms with E-state index >= 15 is 0 Å². The fraction of sp³-hybridized carbons (Fsp3) is 0.263. The minimum absolute atomic E-state index is 0.318. The summed E-state index contributed by atoms with van der Waals surface area (Å²) in [7, 11) is 0. The minimum atomic E-state index is -0.553. The number of ether oxygens (including phenoxy) is 2. The summed E-state index contributed by atoms with van der Waals surface area (Å²) in [5, 5.41) is 1.83. The number of fused-ring (bicyclic) bond motifs is 1. The Morgan fingerprint density at radius 3 is 2.52 bits per heavy atom. The van der Waals surface area contributed by atoms with Gasteiger partial charge in [-0.05, 0) is 48.7 Å². The third kappa shape index (κ3) is 4.36. The number of hydrogen-bond acceptors (Lipinski definition) is 5. The van der Waals surface area contributed by atoms with E-state index in [2.05, 4.69) is 17.6 Å². The molecule has 1 aliphatic heterocycles. The Labute approximate surface area is 146 Å². The number of amides is 1. The van der Waals surface area contributed by atoms with Crippen LogP contribution in [-0.2, 0) is 17.7 Å². The molecule has 0 radical (unpaired) electrons. The average molecular weight is 340 g/mol. The fourth-order valence-corrected chi connectivity index (χ4v) is 2.72. The van der Waals surface area contributed by atoms with Crippen LogP contribution in [0, 0.1) is 0 Å². The zero-order chi connectivity index (χ0) is 17.6. The van der Waals surface area contributed by atoms with E-state index in [0.29, 0.717) is 24.5 Å². The Bertz CT molecular complexity index is 758. The normalized spacial score (nSPS) is 13.6. The summed E-state index contributed by atoms with van der Waals surface area (Å²) in [6, 6.07) is 14.4. The Morgan fingerprint density at radius 1 is 1.08 bits per heavy atom. The number of carbonyl (C=O) groups excluding carboxylic acids is 2. The zero-order valence-corrected chi connectivity index (χ0v) is 14.0. The van der Waals surface area contributed by atoms with Crippen molar-refractivity contribution in [2.24, 2.45) is 0 Å². The van der Waals surface area contributed by atoms with Crippen LogP contribution in [0.4, 0.5) is 4.79 Å². The molecule has 2 aromatic rings. The van der Waals surface area contributed by atoms with Gasteiger partial charge in [-0.3, -0.25) is 5.43 Å². The Hall–Kier alpha value is -2.86. The van der Waals surface area contributed by atoms with Gasteiger partial charge < -0.3 is 9.47 Å². The van der Waals surface area contributed by atoms with Crippen molar-refractivity contribution in [1.82, 2.24) is 10.4 Å². The van der Waals surface area contributed by atoms with Gasteiger partial charge in [-0.25, -0.2) is 14.6 Å². The molecule has 2 aromatic carbocycles. The van der Waals surface area contributed by atoms with Gasteiger partial charge in [0.1, 0.15) is 5.75 Å². The first-order valence-corrected chi connectivity index (χ1v) is 8.23. The maximum absolute atomic E-state index is 12.0. The number of carbonyl (C=O) groups is 2. The quantitative estimate of drug-likeness (QED) is 0.867. The van der Waals surface area contributed by atoms with Crippen LogP contribution in [0.1, 0.15) is 28.4 Å². The van der Waals surface area contributed by atoms with Gasteiger partial charge in [0.15, 0.2) is 0 Å². The molecule has 0 atom stereocenters. The largest absolute Gasteiger partial charge is 0.462 e. The highest BCUT2D eigenvalue weighted by Crippen LogP contribution is 2.17. The van der Waals surface area contributed by atoms with Gasteiger partial charge in [0, 0.05) is 13.1 Å². The van der Waals surface area contributed by atoms with Crippen LogP contribution in [0.25, 0.3) is 0 Å². The number of esters is 1. The predicted octanol–water partition coefficient (Wildman–Crippen LogP) is 2.93. The summed E-state index contributed by atoms with van der Waals surface area (Å²) in [6.45, 7) is 3.44. The van der Waals surface area contributed by atoms with E-state index in [4.69, 9.17) is 9.47 Å². The molecule has 0 saturated carbocycles. The van der Waals surface area contributed by atoms with Gasteiger partial charge in [0.25, 0.3) is 0 Å². The van der Waals surface area contributed by atoms with Crippen LogP contribution < -0.4 is 10.2 Å². The molecule has 0 unspecified atom stereocenters. The lowest BCUT2D eigenvalue weighted by Crippen LogP contribution is -2.46. The molecular formula is C19H20N2O4. The Kier molecular flexibility index (Phi) is 5.30. The summed E-state index contributed by atoms with van der Waals surface area (Å²) in [6.07, 6.45) is 0.327. The van der Waals surface area contributed by atoms with Gasteiger partial charge in [-0.15, -0.1) is 0 Å². The van der Waals surface area contributed by atoms with E-state index < -0.39 is 12.1 Å². The molecule has 0 aliphatic carbocycles. The second kappa shape index (κ2) is 7.81. The highest BCUT2D eigenvalue weighted by atomic mass is 16.6. The van der Waals surface area contributed by atoms with Gasteiger partial charge in [0.2, 0.25) is 0 Å². The second-order valence-electron chi connectivity index (χ2n) is 5.69. The molecule has 0 spiro atoms. The molecule has 0 bridgehead atoms. The second-order valence-corrected chi connectivity index (χ2v) is 5.69. The molecular weight excluding hydrogens is 320 g/mol. The summed E-state index contributed by atoms with van der Waals surface area (Å²) in [5.41, 5.74) is 5.68. The van der Waals surface area contributed by atoms with E-state index in [1.165, 1.54) is 11.1 Å². The van der Waals surface area contributed by atoms with Gasteiger partial charge in [-0.1, -0.05) is 24.3 Å². The third-order valence-corrected chi connectivity index (χ3v) is 3.96. The number of nitrogens with one attached hydrogen (secondary N) is 1. The first kappa shape index (κ1) is 17.0. The molecule has 0 fully saturated rings. The van der Waals surface area contributed by atoms with Crippen LogP contribution in [0.3, 0.4) is 0 Å². The molecule has 0 saturated heterocycles. The molecule has 1 heterocycles. The van der Waals surface area contributed by atoms with Crippen molar-refractivity contribution in [1.29, 1.82) is 0 Å². The van der Waals surface area contributed by atoms with E-state index in [1.54, 1.807) is 31.2 Å². The number of nitrogens with zero attached hydrogens (tertiary/aromatic N) is 1. The first-order chi connectivity index (χ1) is 12.2. The maximum atomic E-state index is 12.0. The van der Waals surface area contributed by atoms with Crippen molar-refractivity contribution in [3.05, 3.63) is 65.2 Å². The van der Waals surface area contributed by atoms with Crippen molar-refractivity contribution in [3.63, 3.8) is 0 Å². The standard InChI is InChI=1S/C19H20N2O4/c1-2-24-18(22)15-7-9-17(10-8-15)25-19(23)20-21-12-11-14-5-3-4-6-16(14)13-21/h3-10H,2,11-13H2,1H3,(H,20,23). The SMILES string of the molecule is CCOC(=O)c1ccc(OC(=O)NN2CCc3ccccc3C2)cc1. The molecule has 0 aromatic heterocycles. The highest BCUT2D eigenvalue weighted by Gasteiger charge is 2.18. The molecule has 1 amide bonds. The van der Waals surface area contributed by atoms with E-state index in [9.17, 15) is 9.59 Å². The topological polar surface area (TPSA) is 67.9 Å². The third-order valence-electron chi connectivity index (χ3n) is 3.96. The van der Waals surface area contributed by atoms with Crippen molar-refractivity contribution in [2.45, 2.75) is 19.9 Å². The number of hydrogen-bond donors (Lipinski definition) is 1. The lowest BCUT2D eigenvalue weighted by molar-refractivity contribution is 0.0526. The first-order valence-electron chi connectivity index (χ1n) is 8.23. The number of benzene rings is 2. The van der Waals surface area contributed by atoms with Gasteiger partial charge in [-0.2, -0.15) is 0 Å². The van der Waals surface area contributed by atoms with Crippen molar-refractivity contribution in [3.8, 4) is 5.75 Å². The molecule has 6 nitrogen and oxygen atoms in total. The Morgan fingerprint density at radius 2 is 1.80 bits per heavy atom. The van der Waals surface area contributed by atoms with Crippen LogP contribution in [0.5, 0.6) is 5.75 Å². The Balaban J connectivity index is 1.54. The van der Waals surface area contributed by atoms with Crippen LogP contribution in [0.2, 0.25) is 0 Å². The lowest BCUT2D eigenvalue weighted by atomic mass is 10.0. The summed E-state index contributed by atoms with van der Waals surface area (Å²) in [5.74, 6) is -0.0339. The molecule has 6 heteroatoms. The van der Waals surface area contributed by atoms with Crippen LogP contribution in [0.15, 0.2) is 48.5 Å². The molecule has 1 N–H and O–H groups in total. The van der Waals surface area contributed by atoms with E-state index in [0.717, 1.165) is 13.0 Å². The fourth-order valence-electron chi connectivity index (χ4n) is 2.72. The average Bonchev–Trinajstić information content (AvgIpc) is 2.62. The van der Waals surface area contributed by atoms with E-state index in [1.807, 2.05) is 17.1 Å². The molecule has 130 valence electrons. The number of hydrazine groups is 1. The monoisotopic (exact) mass is 340 g/mol. The predicted molar refractivity (Wildman–Crippen MR) is 92.1 cm³/mol.